The molecule has 0 aliphatic rings. The van der Waals surface area contributed by atoms with Gasteiger partial charge in [0.05, 0.1) is 0 Å². The van der Waals surface area contributed by atoms with Gasteiger partial charge in [0.1, 0.15) is 0 Å². The van der Waals surface area contributed by atoms with Gasteiger partial charge in [-0.2, -0.15) is 0 Å². The number of hydrogen-bond acceptors (Lipinski definition) is 6. The number of sulfonamides is 1. The molecule has 0 aliphatic carbocycles. The largest absolute Gasteiger partial charge is 0.301 e. The van der Waals surface area contributed by atoms with Gasteiger partial charge in [-0.15, -0.1) is 10.2 Å². The summed E-state index contributed by atoms with van der Waals surface area (Å²) in [5.41, 5.74) is 7.98. The molecular weight excluding hydrogens is 244 g/mol. The van der Waals surface area contributed by atoms with Crippen LogP contribution in [-0.4, -0.2) is 24.5 Å². The number of rotatable bonds is 3. The summed E-state index contributed by atoms with van der Waals surface area (Å²) in [5, 5.41) is 8.91. The predicted octanol–water partition coefficient (Wildman–Crippen LogP) is 0.495. The summed E-state index contributed by atoms with van der Waals surface area (Å²) in [5.74, 6) is -0.404. The molecule has 0 unspecified atom stereocenters. The third-order valence-electron chi connectivity index (χ3n) is 1.05. The van der Waals surface area contributed by atoms with E-state index < -0.39 is 20.3 Å². The molecule has 1 N–H and O–H groups in total. The van der Waals surface area contributed by atoms with E-state index in [-0.39, 0.29) is 5.13 Å². The van der Waals surface area contributed by atoms with Crippen LogP contribution in [0.1, 0.15) is 6.92 Å². The Bertz CT molecular complexity index is 526. The molecule has 1 aromatic rings. The molecular formula is C4H4N6O3S2. The lowest BCUT2D eigenvalue weighted by molar-refractivity contribution is -0.114. The molecule has 0 radical (unpaired) electrons. The highest BCUT2D eigenvalue weighted by molar-refractivity contribution is 7.92. The van der Waals surface area contributed by atoms with E-state index in [4.69, 9.17) is 5.53 Å². The highest BCUT2D eigenvalue weighted by Gasteiger charge is 2.18. The number of azide groups is 1. The molecule has 80 valence electrons. The normalized spacial score (nSPS) is 10.5. The van der Waals surface area contributed by atoms with Gasteiger partial charge in [0.2, 0.25) is 15.4 Å². The second-order valence-corrected chi connectivity index (χ2v) is 4.94. The van der Waals surface area contributed by atoms with Gasteiger partial charge in [0, 0.05) is 16.4 Å². The van der Waals surface area contributed by atoms with E-state index in [1.807, 2.05) is 0 Å². The number of anilines is 1. The fraction of sp³-hybridized carbons (Fsp3) is 0.250. The Kier molecular flexibility index (Phi) is 3.19. The van der Waals surface area contributed by atoms with Crippen molar-refractivity contribution in [2.24, 2.45) is 4.52 Å². The van der Waals surface area contributed by atoms with Gasteiger partial charge in [-0.3, -0.25) is 4.79 Å². The second kappa shape index (κ2) is 4.21. The molecule has 11 heteroatoms. The molecule has 0 atom stereocenters. The molecule has 15 heavy (non-hydrogen) atoms. The number of nitrogens with one attached hydrogen (secondary N) is 1. The third kappa shape index (κ3) is 2.87. The molecule has 0 spiro atoms. The van der Waals surface area contributed by atoms with Crippen molar-refractivity contribution in [3.05, 3.63) is 10.4 Å². The zero-order valence-corrected chi connectivity index (χ0v) is 8.91. The molecule has 1 amide bonds. The topological polar surface area (TPSA) is 138 Å². The third-order valence-corrected chi connectivity index (χ3v) is 3.38. The lowest BCUT2D eigenvalue weighted by Crippen LogP contribution is -2.04. The van der Waals surface area contributed by atoms with E-state index in [1.54, 1.807) is 0 Å². The van der Waals surface area contributed by atoms with Gasteiger partial charge in [-0.05, 0) is 5.53 Å². The molecule has 0 fully saturated rings. The van der Waals surface area contributed by atoms with E-state index in [9.17, 15) is 13.2 Å². The number of aromatic nitrogens is 2. The van der Waals surface area contributed by atoms with E-state index in [0.29, 0.717) is 11.3 Å². The van der Waals surface area contributed by atoms with Crippen LogP contribution < -0.4 is 5.32 Å². The van der Waals surface area contributed by atoms with Crippen molar-refractivity contribution in [2.75, 3.05) is 5.32 Å². The van der Waals surface area contributed by atoms with Crippen LogP contribution in [0.5, 0.6) is 0 Å². The smallest absolute Gasteiger partial charge is 0.293 e. The maximum absolute atomic E-state index is 11.1. The average molecular weight is 248 g/mol. The van der Waals surface area contributed by atoms with Crippen LogP contribution in [0, 0.1) is 0 Å². The summed E-state index contributed by atoms with van der Waals surface area (Å²) in [7, 11) is -4.12. The van der Waals surface area contributed by atoms with Gasteiger partial charge in [-0.1, -0.05) is 11.3 Å². The Hall–Kier alpha value is -1.71. The summed E-state index contributed by atoms with van der Waals surface area (Å²) in [4.78, 5) is 12.7. The number of amides is 1. The molecule has 1 rings (SSSR count). The fourth-order valence-electron chi connectivity index (χ4n) is 0.598. The van der Waals surface area contributed by atoms with Gasteiger partial charge in [-0.25, -0.2) is 8.42 Å². The Morgan fingerprint density at radius 3 is 2.80 bits per heavy atom. The van der Waals surface area contributed by atoms with Crippen molar-refractivity contribution in [1.82, 2.24) is 10.2 Å². The summed E-state index contributed by atoms with van der Waals surface area (Å²) in [6.45, 7) is 1.24. The van der Waals surface area contributed by atoms with Crippen LogP contribution in [0.3, 0.4) is 0 Å². The molecule has 0 saturated heterocycles. The molecule has 0 bridgehead atoms. The van der Waals surface area contributed by atoms with Gasteiger partial charge in [0.15, 0.2) is 0 Å². The number of nitrogens with zero attached hydrogens (tertiary/aromatic N) is 5. The molecule has 0 aliphatic heterocycles. The SMILES string of the molecule is CC(=O)Nc1nnc(S(=O)(=O)N=[N+]=[N-])s1. The molecule has 1 aromatic heterocycles. The highest BCUT2D eigenvalue weighted by Crippen LogP contribution is 2.21. The van der Waals surface area contributed by atoms with Crippen LogP contribution in [0.2, 0.25) is 0 Å². The summed E-state index contributed by atoms with van der Waals surface area (Å²) in [6.07, 6.45) is 0. The van der Waals surface area contributed by atoms with Crippen LogP contribution in [0.15, 0.2) is 8.86 Å². The first kappa shape index (κ1) is 11.4. The Balaban J connectivity index is 3.04. The zero-order valence-electron chi connectivity index (χ0n) is 7.28. The number of carbonyl (C=O) groups is 1. The minimum atomic E-state index is -4.12. The van der Waals surface area contributed by atoms with E-state index >= 15 is 0 Å². The quantitative estimate of drug-likeness (QED) is 0.359. The number of hydrogen-bond donors (Lipinski definition) is 1. The van der Waals surface area contributed by atoms with Gasteiger partial charge < -0.3 is 5.32 Å². The van der Waals surface area contributed by atoms with Crippen molar-refractivity contribution in [2.45, 2.75) is 11.3 Å². The molecule has 9 nitrogen and oxygen atoms in total. The van der Waals surface area contributed by atoms with Gasteiger partial charge >= 0.3 is 0 Å². The first-order chi connectivity index (χ1) is 6.95. The highest BCUT2D eigenvalue weighted by atomic mass is 32.2. The van der Waals surface area contributed by atoms with Crippen molar-refractivity contribution >= 4 is 32.4 Å². The summed E-state index contributed by atoms with van der Waals surface area (Å²) >= 11 is 0.601. The van der Waals surface area contributed by atoms with Crippen LogP contribution in [0.25, 0.3) is 10.4 Å². The van der Waals surface area contributed by atoms with Crippen molar-refractivity contribution in [3.63, 3.8) is 0 Å². The van der Waals surface area contributed by atoms with Crippen molar-refractivity contribution in [3.8, 4) is 0 Å². The van der Waals surface area contributed by atoms with Crippen LogP contribution in [0.4, 0.5) is 5.13 Å². The van der Waals surface area contributed by atoms with Gasteiger partial charge in [0.25, 0.3) is 10.0 Å². The van der Waals surface area contributed by atoms with E-state index in [1.165, 1.54) is 6.92 Å². The maximum atomic E-state index is 11.1. The standard InChI is InChI=1S/C4H4N6O3S2/c1-2(11)6-3-7-8-4(14-3)15(12,13)10-9-5/h1H3,(H,6,7,11). The maximum Gasteiger partial charge on any atom is 0.293 e. The lowest BCUT2D eigenvalue weighted by Gasteiger charge is -1.90. The minimum absolute atomic E-state index is 0.0224. The lowest BCUT2D eigenvalue weighted by atomic mass is 10.7. The Morgan fingerprint density at radius 2 is 2.27 bits per heavy atom. The van der Waals surface area contributed by atoms with E-state index in [2.05, 4.69) is 24.9 Å². The van der Waals surface area contributed by atoms with Crippen molar-refractivity contribution < 1.29 is 13.2 Å². The predicted molar refractivity (Wildman–Crippen MR) is 50.5 cm³/mol. The average Bonchev–Trinajstić information content (AvgIpc) is 2.51. The molecule has 0 aromatic carbocycles. The first-order valence-corrected chi connectivity index (χ1v) is 5.64. The zero-order chi connectivity index (χ0) is 11.5. The molecule has 1 heterocycles. The molecule has 0 saturated carbocycles. The second-order valence-electron chi connectivity index (χ2n) is 2.20. The first-order valence-electron chi connectivity index (χ1n) is 3.38. The summed E-state index contributed by atoms with van der Waals surface area (Å²) in [6, 6.07) is 0. The monoisotopic (exact) mass is 248 g/mol. The van der Waals surface area contributed by atoms with Crippen LogP contribution >= 0.6 is 11.3 Å². The number of carbonyl (C=O) groups excluding carboxylic acids is 1. The van der Waals surface area contributed by atoms with Crippen LogP contribution in [-0.2, 0) is 14.8 Å². The summed E-state index contributed by atoms with van der Waals surface area (Å²) < 4.78 is 24.3. The fourth-order valence-corrected chi connectivity index (χ4v) is 2.19. The minimum Gasteiger partial charge on any atom is -0.301 e. The van der Waals surface area contributed by atoms with Crippen molar-refractivity contribution in [1.29, 1.82) is 0 Å². The Morgan fingerprint density at radius 1 is 1.60 bits per heavy atom. The Labute approximate surface area is 87.8 Å². The van der Waals surface area contributed by atoms with E-state index in [0.717, 1.165) is 0 Å².